The van der Waals surface area contributed by atoms with E-state index in [9.17, 15) is 4.79 Å². The summed E-state index contributed by atoms with van der Waals surface area (Å²) in [6.07, 6.45) is 0. The zero-order valence-electron chi connectivity index (χ0n) is 11.0. The van der Waals surface area contributed by atoms with Gasteiger partial charge in [0.2, 0.25) is 0 Å². The van der Waals surface area contributed by atoms with Crippen molar-refractivity contribution in [2.45, 2.75) is 0 Å². The van der Waals surface area contributed by atoms with Gasteiger partial charge in [-0.25, -0.2) is 0 Å². The number of amides is 1. The lowest BCUT2D eigenvalue weighted by molar-refractivity contribution is 0.102. The van der Waals surface area contributed by atoms with Crippen molar-refractivity contribution in [3.63, 3.8) is 0 Å². The number of methoxy groups -OCH3 is 1. The quantitative estimate of drug-likeness (QED) is 0.885. The molecule has 1 amide bonds. The Labute approximate surface area is 135 Å². The van der Waals surface area contributed by atoms with Gasteiger partial charge in [0, 0.05) is 21.1 Å². The Morgan fingerprint density at radius 3 is 2.71 bits per heavy atom. The van der Waals surface area contributed by atoms with Gasteiger partial charge in [-0.2, -0.15) is 5.26 Å². The number of carbonyl (C=O) groups is 1. The third-order valence-electron chi connectivity index (χ3n) is 2.70. The van der Waals surface area contributed by atoms with Crippen molar-refractivity contribution in [3.05, 3.63) is 57.0 Å². The summed E-state index contributed by atoms with van der Waals surface area (Å²) in [5, 5.41) is 12.0. The Morgan fingerprint density at radius 2 is 2.10 bits per heavy atom. The van der Waals surface area contributed by atoms with Crippen LogP contribution < -0.4 is 10.1 Å². The molecule has 0 radical (unpaired) electrons. The molecule has 2 aromatic rings. The fourth-order valence-electron chi connectivity index (χ4n) is 1.74. The molecule has 0 aliphatic rings. The van der Waals surface area contributed by atoms with E-state index in [0.29, 0.717) is 32.1 Å². The van der Waals surface area contributed by atoms with Gasteiger partial charge in [0.15, 0.2) is 0 Å². The standard InChI is InChI=1S/C15H10BrClN2O2/c1-21-14-4-9(8-18)2-3-13(14)19-15(20)10-5-11(16)7-12(17)6-10/h2-7H,1H3,(H,19,20). The second kappa shape index (κ2) is 6.61. The third-order valence-corrected chi connectivity index (χ3v) is 3.38. The molecule has 4 nitrogen and oxygen atoms in total. The zero-order valence-corrected chi connectivity index (χ0v) is 13.3. The van der Waals surface area contributed by atoms with Crippen molar-refractivity contribution in [3.8, 4) is 11.8 Å². The molecule has 6 heteroatoms. The summed E-state index contributed by atoms with van der Waals surface area (Å²) in [4.78, 5) is 12.2. The van der Waals surface area contributed by atoms with E-state index in [1.165, 1.54) is 7.11 Å². The predicted octanol–water partition coefficient (Wildman–Crippen LogP) is 4.24. The van der Waals surface area contributed by atoms with Gasteiger partial charge in [-0.15, -0.1) is 0 Å². The largest absolute Gasteiger partial charge is 0.495 e. The summed E-state index contributed by atoms with van der Waals surface area (Å²) in [7, 11) is 1.47. The molecule has 1 N–H and O–H groups in total. The average Bonchev–Trinajstić information content (AvgIpc) is 2.46. The smallest absolute Gasteiger partial charge is 0.255 e. The van der Waals surface area contributed by atoms with E-state index in [1.54, 1.807) is 36.4 Å². The van der Waals surface area contributed by atoms with E-state index in [0.717, 1.165) is 0 Å². The van der Waals surface area contributed by atoms with Crippen LogP contribution in [-0.4, -0.2) is 13.0 Å². The maximum absolute atomic E-state index is 12.2. The number of halogens is 2. The topological polar surface area (TPSA) is 62.1 Å². The average molecular weight is 366 g/mol. The number of anilines is 1. The number of nitrogens with zero attached hydrogens (tertiary/aromatic N) is 1. The second-order valence-electron chi connectivity index (χ2n) is 4.14. The molecule has 21 heavy (non-hydrogen) atoms. The first-order valence-electron chi connectivity index (χ1n) is 5.89. The van der Waals surface area contributed by atoms with Gasteiger partial charge >= 0.3 is 0 Å². The first-order chi connectivity index (χ1) is 10.0. The third kappa shape index (κ3) is 3.75. The Kier molecular flexibility index (Phi) is 4.84. The van der Waals surface area contributed by atoms with Gasteiger partial charge in [0.25, 0.3) is 5.91 Å². The Morgan fingerprint density at radius 1 is 1.33 bits per heavy atom. The van der Waals surface area contributed by atoms with Gasteiger partial charge in [-0.05, 0) is 30.3 Å². The first-order valence-corrected chi connectivity index (χ1v) is 7.06. The molecule has 0 saturated heterocycles. The highest BCUT2D eigenvalue weighted by molar-refractivity contribution is 9.10. The number of hydrogen-bond donors (Lipinski definition) is 1. The van der Waals surface area contributed by atoms with Crippen molar-refractivity contribution in [1.82, 2.24) is 0 Å². The number of benzene rings is 2. The van der Waals surface area contributed by atoms with Crippen molar-refractivity contribution in [2.75, 3.05) is 12.4 Å². The normalized spacial score (nSPS) is 9.81. The van der Waals surface area contributed by atoms with Gasteiger partial charge in [-0.1, -0.05) is 27.5 Å². The van der Waals surface area contributed by atoms with Crippen LogP contribution >= 0.6 is 27.5 Å². The number of ether oxygens (including phenoxy) is 1. The lowest BCUT2D eigenvalue weighted by Crippen LogP contribution is -2.12. The number of carbonyl (C=O) groups excluding carboxylic acids is 1. The summed E-state index contributed by atoms with van der Waals surface area (Å²) in [5.74, 6) is 0.102. The van der Waals surface area contributed by atoms with Crippen molar-refractivity contribution >= 4 is 39.1 Å². The Hall–Kier alpha value is -2.03. The fraction of sp³-hybridized carbons (Fsp3) is 0.0667. The van der Waals surface area contributed by atoms with Crippen molar-refractivity contribution < 1.29 is 9.53 Å². The Bertz CT molecular complexity index is 721. The fourth-order valence-corrected chi connectivity index (χ4v) is 2.60. The van der Waals surface area contributed by atoms with Crippen LogP contribution in [0.25, 0.3) is 0 Å². The monoisotopic (exact) mass is 364 g/mol. The van der Waals surface area contributed by atoms with Crippen LogP contribution in [0, 0.1) is 11.3 Å². The zero-order chi connectivity index (χ0) is 15.4. The molecule has 0 unspecified atom stereocenters. The highest BCUT2D eigenvalue weighted by Gasteiger charge is 2.11. The number of hydrogen-bond acceptors (Lipinski definition) is 3. The van der Waals surface area contributed by atoms with Gasteiger partial charge in [-0.3, -0.25) is 4.79 Å². The van der Waals surface area contributed by atoms with Gasteiger partial charge < -0.3 is 10.1 Å². The highest BCUT2D eigenvalue weighted by Crippen LogP contribution is 2.27. The van der Waals surface area contributed by atoms with E-state index in [4.69, 9.17) is 21.6 Å². The number of rotatable bonds is 3. The lowest BCUT2D eigenvalue weighted by atomic mass is 10.1. The van der Waals surface area contributed by atoms with Crippen LogP contribution in [-0.2, 0) is 0 Å². The van der Waals surface area contributed by atoms with Crippen molar-refractivity contribution in [2.24, 2.45) is 0 Å². The van der Waals surface area contributed by atoms with Crippen LogP contribution in [0.3, 0.4) is 0 Å². The molecule has 0 heterocycles. The minimum Gasteiger partial charge on any atom is -0.495 e. The van der Waals surface area contributed by atoms with E-state index in [-0.39, 0.29) is 5.91 Å². The number of nitrogens with one attached hydrogen (secondary N) is 1. The van der Waals surface area contributed by atoms with E-state index < -0.39 is 0 Å². The molecule has 0 spiro atoms. The minimum absolute atomic E-state index is 0.318. The molecule has 0 fully saturated rings. The highest BCUT2D eigenvalue weighted by atomic mass is 79.9. The van der Waals surface area contributed by atoms with Crippen LogP contribution in [0.1, 0.15) is 15.9 Å². The van der Waals surface area contributed by atoms with Crippen molar-refractivity contribution in [1.29, 1.82) is 5.26 Å². The van der Waals surface area contributed by atoms with E-state index in [1.807, 2.05) is 6.07 Å². The second-order valence-corrected chi connectivity index (χ2v) is 5.49. The molecular weight excluding hydrogens is 356 g/mol. The molecule has 106 valence electrons. The molecule has 0 aliphatic heterocycles. The summed E-state index contributed by atoms with van der Waals surface area (Å²) >= 11 is 9.21. The molecule has 0 aliphatic carbocycles. The summed E-state index contributed by atoms with van der Waals surface area (Å²) < 4.78 is 5.89. The SMILES string of the molecule is COc1cc(C#N)ccc1NC(=O)c1cc(Cl)cc(Br)c1. The lowest BCUT2D eigenvalue weighted by Gasteiger charge is -2.10. The van der Waals surface area contributed by atoms with Gasteiger partial charge in [0.05, 0.1) is 24.4 Å². The molecule has 2 rings (SSSR count). The van der Waals surface area contributed by atoms with Gasteiger partial charge in [0.1, 0.15) is 5.75 Å². The van der Waals surface area contributed by atoms with E-state index >= 15 is 0 Å². The summed E-state index contributed by atoms with van der Waals surface area (Å²) in [6.45, 7) is 0. The van der Waals surface area contributed by atoms with Crippen LogP contribution in [0.15, 0.2) is 40.9 Å². The van der Waals surface area contributed by atoms with Crippen LogP contribution in [0.2, 0.25) is 5.02 Å². The number of nitriles is 1. The molecule has 0 atom stereocenters. The molecule has 0 saturated carbocycles. The van der Waals surface area contributed by atoms with Crippen LogP contribution in [0.4, 0.5) is 5.69 Å². The molecule has 2 aromatic carbocycles. The maximum atomic E-state index is 12.2. The summed E-state index contributed by atoms with van der Waals surface area (Å²) in [5.41, 5.74) is 1.36. The molecular formula is C15H10BrClN2O2. The molecule has 0 bridgehead atoms. The van der Waals surface area contributed by atoms with E-state index in [2.05, 4.69) is 21.2 Å². The Balaban J connectivity index is 2.29. The first kappa shape index (κ1) is 15.4. The predicted molar refractivity (Wildman–Crippen MR) is 84.8 cm³/mol. The minimum atomic E-state index is -0.318. The van der Waals surface area contributed by atoms with Crippen LogP contribution in [0.5, 0.6) is 5.75 Å². The summed E-state index contributed by atoms with van der Waals surface area (Å²) in [6, 6.07) is 11.7. The maximum Gasteiger partial charge on any atom is 0.255 e. The molecule has 0 aromatic heterocycles.